The van der Waals surface area contributed by atoms with E-state index < -0.39 is 174 Å². The molecule has 10 rings (SSSR count). The van der Waals surface area contributed by atoms with Crippen molar-refractivity contribution >= 4 is 17.9 Å². The molecular weight excluding hydrogens is 1150 g/mol. The van der Waals surface area contributed by atoms with Crippen LogP contribution in [0.5, 0.6) is 0 Å². The maximum absolute atomic E-state index is 14.2. The molecule has 5 N–H and O–H groups in total. The number of aliphatic hydroxyl groups excluding tert-OH is 2. The Hall–Kier alpha value is -4.09. The van der Waals surface area contributed by atoms with Crippen molar-refractivity contribution in [3.8, 4) is 0 Å². The van der Waals surface area contributed by atoms with Crippen LogP contribution in [0.1, 0.15) is 133 Å². The van der Waals surface area contributed by atoms with Gasteiger partial charge in [0, 0.05) is 66.0 Å². The van der Waals surface area contributed by atoms with Crippen molar-refractivity contribution in [1.82, 2.24) is 0 Å². The molecule has 4 heterocycles. The summed E-state index contributed by atoms with van der Waals surface area (Å²) in [5.74, 6) is -2.84. The molecule has 8 aliphatic rings. The van der Waals surface area contributed by atoms with Gasteiger partial charge in [0.15, 0.2) is 25.2 Å². The zero-order valence-electron chi connectivity index (χ0n) is 52.3. The van der Waals surface area contributed by atoms with E-state index in [0.717, 1.165) is 5.57 Å². The largest absolute Gasteiger partial charge is 0.461 e. The highest BCUT2D eigenvalue weighted by molar-refractivity contribution is 5.90. The fourth-order valence-corrected chi connectivity index (χ4v) is 16.3. The van der Waals surface area contributed by atoms with E-state index in [4.69, 9.17) is 71.1 Å². The Morgan fingerprint density at radius 2 is 1.15 bits per heavy atom. The molecule has 4 aliphatic carbocycles. The number of benzene rings is 2. The van der Waals surface area contributed by atoms with Crippen LogP contribution < -0.4 is 0 Å². The van der Waals surface area contributed by atoms with E-state index in [1.807, 2.05) is 26.8 Å². The summed E-state index contributed by atoms with van der Waals surface area (Å²) >= 11 is 0. The molecular formula is C65H92O23. The van der Waals surface area contributed by atoms with E-state index in [1.54, 1.807) is 103 Å². The average molecular weight is 1240 g/mol. The van der Waals surface area contributed by atoms with Crippen molar-refractivity contribution in [2.24, 2.45) is 16.7 Å². The standard InChI is InChI=1S/C65H92O23/c1-34-52(67)57(77-11)53(68)60(82-34)88-56-37(4)81-51(31-46(56)76-10)87-55-36(3)80-50(30-45(55)75-9)86-54-35(2)79-49(29-44(54)74-8)84-43-23-24-62(33-78-58(69)40-18-14-12-15-19-40)42(28-43)22-25-64(72)47(62)32-48(85-59(70)41-20-16-13-17-21-41)61(7)63(71,26-27-65(61,64)73)38(5)83-39(6)66/h12-22,34-38,43-57,60,67-68,71-73H,23-33H2,1-11H3/t34-,35+,36+,37+,38-,43+,44+,45+,46+,47+,48-,49-,50-,51-,52-,53+,54+,55+,56+,57-,60+,61+,62+,63-,64+,65-/m0/s1. The summed E-state index contributed by atoms with van der Waals surface area (Å²) in [6.45, 7) is 11.4. The molecule has 3 saturated carbocycles. The van der Waals surface area contributed by atoms with E-state index in [-0.39, 0.29) is 44.3 Å². The maximum atomic E-state index is 14.2. The van der Waals surface area contributed by atoms with E-state index in [2.05, 4.69) is 0 Å². The quantitative estimate of drug-likeness (QED) is 0.0702. The molecule has 26 atom stereocenters. The number of rotatable bonds is 19. The van der Waals surface area contributed by atoms with E-state index >= 15 is 0 Å². The highest BCUT2D eigenvalue weighted by atomic mass is 16.8. The second kappa shape index (κ2) is 26.9. The molecule has 0 radical (unpaired) electrons. The van der Waals surface area contributed by atoms with Gasteiger partial charge in [-0.2, -0.15) is 0 Å². The van der Waals surface area contributed by atoms with Crippen molar-refractivity contribution < 1.29 is 111 Å². The molecule has 490 valence electrons. The highest BCUT2D eigenvalue weighted by Gasteiger charge is 2.82. The minimum atomic E-state index is -2.14. The number of fused-ring (bicyclic) bond motifs is 5. The number of esters is 3. The number of carbonyl (C=O) groups excluding carboxylic acids is 3. The first-order valence-electron chi connectivity index (χ1n) is 31.1. The lowest BCUT2D eigenvalue weighted by Gasteiger charge is -2.67. The van der Waals surface area contributed by atoms with Crippen LogP contribution in [0.3, 0.4) is 0 Å². The Kier molecular flexibility index (Phi) is 20.4. The van der Waals surface area contributed by atoms with Crippen molar-refractivity contribution in [1.29, 1.82) is 0 Å². The third kappa shape index (κ3) is 12.2. The van der Waals surface area contributed by atoms with Crippen molar-refractivity contribution in [2.75, 3.05) is 35.0 Å². The molecule has 0 spiro atoms. The van der Waals surface area contributed by atoms with Crippen LogP contribution in [-0.4, -0.2) is 218 Å². The highest BCUT2D eigenvalue weighted by Crippen LogP contribution is 2.72. The monoisotopic (exact) mass is 1240 g/mol. The Morgan fingerprint density at radius 1 is 0.625 bits per heavy atom. The molecule has 0 amide bonds. The third-order valence-corrected chi connectivity index (χ3v) is 21.2. The van der Waals surface area contributed by atoms with Gasteiger partial charge in [-0.15, -0.1) is 0 Å². The van der Waals surface area contributed by atoms with Crippen LogP contribution in [0.4, 0.5) is 0 Å². The van der Waals surface area contributed by atoms with Gasteiger partial charge in [-0.1, -0.05) is 55.0 Å². The van der Waals surface area contributed by atoms with E-state index in [1.165, 1.54) is 14.0 Å². The van der Waals surface area contributed by atoms with Gasteiger partial charge in [-0.3, -0.25) is 4.79 Å². The van der Waals surface area contributed by atoms with Crippen molar-refractivity contribution in [2.45, 2.75) is 252 Å². The Morgan fingerprint density at radius 3 is 1.67 bits per heavy atom. The van der Waals surface area contributed by atoms with Crippen LogP contribution in [0.25, 0.3) is 0 Å². The van der Waals surface area contributed by atoms with Gasteiger partial charge in [0.25, 0.3) is 0 Å². The molecule has 2 aromatic carbocycles. The number of methoxy groups -OCH3 is 4. The smallest absolute Gasteiger partial charge is 0.338 e. The number of hydrogen-bond acceptors (Lipinski definition) is 23. The summed E-state index contributed by atoms with van der Waals surface area (Å²) in [5.41, 5.74) is -7.63. The van der Waals surface area contributed by atoms with Crippen LogP contribution in [-0.2, 0) is 75.8 Å². The third-order valence-electron chi connectivity index (χ3n) is 21.2. The molecule has 7 fully saturated rings. The summed E-state index contributed by atoms with van der Waals surface area (Å²) in [4.78, 5) is 40.6. The summed E-state index contributed by atoms with van der Waals surface area (Å²) in [6, 6.07) is 17.0. The lowest BCUT2D eigenvalue weighted by Crippen LogP contribution is -2.79. The second-order valence-electron chi connectivity index (χ2n) is 25.8. The number of aliphatic hydroxyl groups is 5. The fourth-order valence-electron chi connectivity index (χ4n) is 16.3. The van der Waals surface area contributed by atoms with Crippen LogP contribution >= 0.6 is 0 Å². The summed E-state index contributed by atoms with van der Waals surface area (Å²) in [7, 11) is 6.18. The first-order valence-corrected chi connectivity index (χ1v) is 31.1. The SMILES string of the molecule is CO[C@H]1[C@@H](O)[C@H](C)O[C@H](O[C@@H]2[C@@H](C)O[C@@H](O[C@@H]3[C@@H](C)O[C@@H](O[C@@H]4[C@@H](C)O[C@@H](O[C@@H]5CC[C@@]6(COC(=O)c7ccccc7)C(=CC[C@@]7(O)[C@@H]6C[C@H](OC(=O)c6ccccc6)[C@@]6(C)[C@@]7(O)CC[C@]6(O)[C@H](C)OC(C)=O)C5)C[C@H]4OC)C[C@H]3OC)C[C@H]2OC)[C@@H]1O. The lowest BCUT2D eigenvalue weighted by molar-refractivity contribution is -0.356. The van der Waals surface area contributed by atoms with Gasteiger partial charge in [0.2, 0.25) is 0 Å². The maximum Gasteiger partial charge on any atom is 0.338 e. The Bertz CT molecular complexity index is 2740. The first kappa shape index (κ1) is 66.8. The number of carbonyl (C=O) groups is 3. The molecule has 23 nitrogen and oxygen atoms in total. The molecule has 2 aromatic rings. The molecule has 4 saturated heterocycles. The summed E-state index contributed by atoms with van der Waals surface area (Å²) in [6.07, 6.45) is -11.6. The van der Waals surface area contributed by atoms with Gasteiger partial charge in [-0.25, -0.2) is 9.59 Å². The predicted molar refractivity (Wildman–Crippen MR) is 309 cm³/mol. The zero-order chi connectivity index (χ0) is 63.3. The predicted octanol–water partition coefficient (Wildman–Crippen LogP) is 5.01. The Balaban J connectivity index is 0.822. The summed E-state index contributed by atoms with van der Waals surface area (Å²) in [5, 5.41) is 61.5. The van der Waals surface area contributed by atoms with Crippen molar-refractivity contribution in [3.63, 3.8) is 0 Å². The van der Waals surface area contributed by atoms with Crippen LogP contribution in [0.2, 0.25) is 0 Å². The molecule has 88 heavy (non-hydrogen) atoms. The molecule has 0 unspecified atom stereocenters. The molecule has 0 aromatic heterocycles. The van der Waals surface area contributed by atoms with Crippen LogP contribution in [0, 0.1) is 16.7 Å². The van der Waals surface area contributed by atoms with Gasteiger partial charge in [0.1, 0.15) is 72.2 Å². The first-order chi connectivity index (χ1) is 41.9. The zero-order valence-corrected chi connectivity index (χ0v) is 52.3. The van der Waals surface area contributed by atoms with E-state index in [9.17, 15) is 39.9 Å². The van der Waals surface area contributed by atoms with Gasteiger partial charge in [-0.05, 0) is 104 Å². The topological polar surface area (TPSA) is 291 Å². The lowest BCUT2D eigenvalue weighted by atomic mass is 9.42. The van der Waals surface area contributed by atoms with Gasteiger partial charge < -0.3 is 96.6 Å². The van der Waals surface area contributed by atoms with Gasteiger partial charge >= 0.3 is 17.9 Å². The summed E-state index contributed by atoms with van der Waals surface area (Å²) < 4.78 is 93.6. The fraction of sp³-hybridized carbons (Fsp3) is 0.738. The molecule has 4 aliphatic heterocycles. The normalized spacial score (nSPS) is 44.5. The second-order valence-corrected chi connectivity index (χ2v) is 25.8. The Labute approximate surface area is 514 Å². The number of ether oxygens (including phenoxy) is 15. The average Bonchev–Trinajstić information content (AvgIpc) is 1.33. The van der Waals surface area contributed by atoms with E-state index in [0.29, 0.717) is 37.7 Å². The molecule has 23 heteroatoms. The van der Waals surface area contributed by atoms with Crippen molar-refractivity contribution in [3.05, 3.63) is 83.4 Å². The van der Waals surface area contributed by atoms with Gasteiger partial charge in [0.05, 0.1) is 65.4 Å². The van der Waals surface area contributed by atoms with Crippen LogP contribution in [0.15, 0.2) is 72.3 Å². The minimum absolute atomic E-state index is 0.0651. The minimum Gasteiger partial charge on any atom is -0.461 e. The molecule has 0 bridgehead atoms. The number of hydrogen-bond donors (Lipinski definition) is 5.